The molecule has 33 heavy (non-hydrogen) atoms. The second-order valence-electron chi connectivity index (χ2n) is 6.29. The number of aromatic amines is 1. The number of nitrogens with one attached hydrogen (secondary N) is 1. The zero-order valence-corrected chi connectivity index (χ0v) is 18.4. The molecule has 20 nitrogen and oxygen atoms in total. The summed E-state index contributed by atoms with van der Waals surface area (Å²) in [5.74, 6) is -0.286. The summed E-state index contributed by atoms with van der Waals surface area (Å²) >= 11 is 0. The molecule has 0 bridgehead atoms. The van der Waals surface area contributed by atoms with E-state index < -0.39 is 61.2 Å². The van der Waals surface area contributed by atoms with Crippen molar-refractivity contribution in [1.29, 1.82) is 0 Å². The molecule has 1 saturated heterocycles. The van der Waals surface area contributed by atoms with Crippen LogP contribution in [0.25, 0.3) is 11.2 Å². The normalized spacial score (nSPS) is 26.2. The van der Waals surface area contributed by atoms with Crippen molar-refractivity contribution in [1.82, 2.24) is 19.5 Å². The zero-order chi connectivity index (χ0) is 25.6. The molecule has 0 unspecified atom stereocenters. The third-order valence-corrected chi connectivity index (χ3v) is 7.04. The lowest BCUT2D eigenvalue weighted by Gasteiger charge is -2.28. The van der Waals surface area contributed by atoms with Crippen LogP contribution in [0.4, 0.5) is 5.95 Å². The van der Waals surface area contributed by atoms with Gasteiger partial charge in [-0.3, -0.25) is 14.3 Å². The third-order valence-electron chi connectivity index (χ3n) is 3.99. The quantitative estimate of drug-likeness (QED) is 0.159. The van der Waals surface area contributed by atoms with E-state index in [0.29, 0.717) is 0 Å². The van der Waals surface area contributed by atoms with E-state index in [0.717, 1.165) is 10.9 Å². The number of sulfonamides is 1. The number of aliphatic hydroxyl groups excluding tert-OH is 2. The van der Waals surface area contributed by atoms with Gasteiger partial charge in [0.2, 0.25) is 16.0 Å². The highest BCUT2D eigenvalue weighted by Gasteiger charge is 2.63. The number of ether oxygens (including phenoxy) is 1. The van der Waals surface area contributed by atoms with E-state index in [2.05, 4.69) is 19.3 Å². The molecule has 0 spiro atoms. The number of aromatic nitrogens is 4. The second kappa shape index (κ2) is 9.07. The standard InChI is InChI=1S/C10H14N6O7S.H4O7P2/c11-9-14-6-4(7(19)15-9)13-2-16(6)8-10(20,24(12,21)22)5(18)3(1-17)23-8;1-8(2,3)7-9(4,5)6/h2-3,5,8,17-18,20H,1H2,(H2,12,21,22)(H3,11,14,15,19);(H2,1,2,3)(H2,4,5,6)/t3-,5-,8-,10+;/m1./s1. The lowest BCUT2D eigenvalue weighted by Crippen LogP contribution is -2.55. The van der Waals surface area contributed by atoms with Crippen LogP contribution in [-0.2, 0) is 28.2 Å². The Bertz CT molecular complexity index is 1260. The Morgan fingerprint density at radius 1 is 1.27 bits per heavy atom. The highest BCUT2D eigenvalue weighted by Crippen LogP contribution is 2.53. The van der Waals surface area contributed by atoms with Crippen molar-refractivity contribution in [3.05, 3.63) is 16.7 Å². The first-order chi connectivity index (χ1) is 14.8. The van der Waals surface area contributed by atoms with Crippen LogP contribution in [0.5, 0.6) is 0 Å². The van der Waals surface area contributed by atoms with Gasteiger partial charge in [-0.15, -0.1) is 0 Å². The van der Waals surface area contributed by atoms with E-state index in [-0.39, 0.29) is 17.1 Å². The summed E-state index contributed by atoms with van der Waals surface area (Å²) in [5.41, 5.74) is 4.34. The highest BCUT2D eigenvalue weighted by molar-refractivity contribution is 7.90. The van der Waals surface area contributed by atoms with Crippen molar-refractivity contribution in [2.75, 3.05) is 12.3 Å². The first-order valence-electron chi connectivity index (χ1n) is 8.05. The van der Waals surface area contributed by atoms with Crippen LogP contribution in [0.2, 0.25) is 0 Å². The maximum Gasteiger partial charge on any atom is 0.478 e. The molecule has 2 aromatic rings. The molecule has 0 aromatic carbocycles. The van der Waals surface area contributed by atoms with E-state index in [1.165, 1.54) is 0 Å². The van der Waals surface area contributed by atoms with Gasteiger partial charge in [0.25, 0.3) is 10.5 Å². The van der Waals surface area contributed by atoms with Crippen molar-refractivity contribution in [2.45, 2.75) is 23.4 Å². The van der Waals surface area contributed by atoms with E-state index in [1.807, 2.05) is 0 Å². The van der Waals surface area contributed by atoms with Crippen LogP contribution in [-0.4, -0.2) is 86.6 Å². The van der Waals surface area contributed by atoms with Crippen LogP contribution in [0.15, 0.2) is 11.1 Å². The van der Waals surface area contributed by atoms with E-state index >= 15 is 0 Å². The predicted octanol–water partition coefficient (Wildman–Crippen LogP) is -4.88. The molecule has 12 N–H and O–H groups in total. The first kappa shape index (κ1) is 27.4. The molecule has 3 rings (SSSR count). The van der Waals surface area contributed by atoms with Gasteiger partial charge in [-0.25, -0.2) is 27.7 Å². The number of fused-ring (bicyclic) bond motifs is 1. The van der Waals surface area contributed by atoms with Gasteiger partial charge in [0.15, 0.2) is 17.4 Å². The number of nitrogen functional groups attached to an aromatic ring is 1. The molecule has 1 aliphatic heterocycles. The Balaban J connectivity index is 0.000000365. The lowest BCUT2D eigenvalue weighted by molar-refractivity contribution is -0.0615. The number of aliphatic hydroxyl groups is 3. The minimum absolute atomic E-state index is 0.200. The van der Waals surface area contributed by atoms with Crippen molar-refractivity contribution in [2.24, 2.45) is 5.14 Å². The fourth-order valence-corrected chi connectivity index (χ4v) is 4.77. The number of rotatable bonds is 5. The highest BCUT2D eigenvalue weighted by atomic mass is 32.2. The van der Waals surface area contributed by atoms with Crippen LogP contribution in [0.3, 0.4) is 0 Å². The van der Waals surface area contributed by atoms with Gasteiger partial charge < -0.3 is 45.4 Å². The lowest BCUT2D eigenvalue weighted by atomic mass is 10.1. The fraction of sp³-hybridized carbons (Fsp3) is 0.500. The summed E-state index contributed by atoms with van der Waals surface area (Å²) in [6.45, 7) is -0.793. The summed E-state index contributed by atoms with van der Waals surface area (Å²) in [6.07, 6.45) is -4.35. The maximum absolute atomic E-state index is 11.9. The zero-order valence-electron chi connectivity index (χ0n) is 15.8. The topological polar surface area (TPSA) is 344 Å². The number of hydrogen-bond donors (Lipinski definition) is 10. The van der Waals surface area contributed by atoms with Crippen LogP contribution in [0, 0.1) is 0 Å². The number of imidazole rings is 1. The molecule has 4 atom stereocenters. The summed E-state index contributed by atoms with van der Waals surface area (Å²) in [5, 5.41) is 34.8. The molecule has 0 saturated carbocycles. The fourth-order valence-electron chi connectivity index (χ4n) is 2.72. The van der Waals surface area contributed by atoms with Crippen LogP contribution in [0.1, 0.15) is 6.23 Å². The third kappa shape index (κ3) is 5.81. The van der Waals surface area contributed by atoms with Crippen LogP contribution >= 0.6 is 15.6 Å². The molecule has 0 amide bonds. The second-order valence-corrected chi connectivity index (χ2v) is 10.6. The molecule has 1 fully saturated rings. The van der Waals surface area contributed by atoms with Crippen molar-refractivity contribution in [3.63, 3.8) is 0 Å². The van der Waals surface area contributed by atoms with Crippen molar-refractivity contribution >= 4 is 42.8 Å². The van der Waals surface area contributed by atoms with Gasteiger partial charge in [0.05, 0.1) is 12.9 Å². The number of hydrogen-bond acceptors (Lipinski definition) is 13. The minimum atomic E-state index is -5.05. The predicted molar refractivity (Wildman–Crippen MR) is 103 cm³/mol. The minimum Gasteiger partial charge on any atom is -0.394 e. The molecule has 0 radical (unpaired) electrons. The van der Waals surface area contributed by atoms with Gasteiger partial charge in [-0.2, -0.15) is 9.29 Å². The molecule has 188 valence electrons. The molecular formula is C10H18N6O14P2S. The summed E-state index contributed by atoms with van der Waals surface area (Å²) in [6, 6.07) is 0. The average Bonchev–Trinajstić information content (AvgIpc) is 3.12. The van der Waals surface area contributed by atoms with E-state index in [9.17, 15) is 37.7 Å². The molecule has 1 aliphatic rings. The molecule has 23 heteroatoms. The van der Waals surface area contributed by atoms with Crippen LogP contribution < -0.4 is 16.4 Å². The van der Waals surface area contributed by atoms with Gasteiger partial charge >= 0.3 is 15.6 Å². The van der Waals surface area contributed by atoms with Gasteiger partial charge in [-0.1, -0.05) is 0 Å². The number of phosphoric acid groups is 2. The maximum atomic E-state index is 11.9. The Morgan fingerprint density at radius 2 is 1.82 bits per heavy atom. The first-order valence-corrected chi connectivity index (χ1v) is 12.7. The molecular weight excluding hydrogens is 522 g/mol. The number of anilines is 1. The smallest absolute Gasteiger partial charge is 0.394 e. The number of primary sulfonamides is 1. The molecule has 2 aromatic heterocycles. The van der Waals surface area contributed by atoms with Crippen molar-refractivity contribution in [3.8, 4) is 0 Å². The molecule has 0 aliphatic carbocycles. The average molecular weight is 540 g/mol. The largest absolute Gasteiger partial charge is 0.478 e. The molecule has 3 heterocycles. The Morgan fingerprint density at radius 3 is 2.24 bits per heavy atom. The summed E-state index contributed by atoms with van der Waals surface area (Å²) in [4.78, 5) is 49.5. The van der Waals surface area contributed by atoms with E-state index in [1.54, 1.807) is 0 Å². The Kier molecular flexibility index (Phi) is 7.54. The summed E-state index contributed by atoms with van der Waals surface area (Å²) < 4.78 is 52.0. The van der Waals surface area contributed by atoms with Gasteiger partial charge in [-0.05, 0) is 0 Å². The van der Waals surface area contributed by atoms with Gasteiger partial charge in [0.1, 0.15) is 12.2 Å². The van der Waals surface area contributed by atoms with Gasteiger partial charge in [0, 0.05) is 0 Å². The number of H-pyrrole nitrogens is 1. The number of nitrogens with zero attached hydrogens (tertiary/aromatic N) is 3. The van der Waals surface area contributed by atoms with Crippen molar-refractivity contribution < 1.29 is 61.5 Å². The Labute approximate surface area is 182 Å². The SMILES string of the molecule is Nc1nc2c(ncn2[C@@H]2O[C@H](CO)[C@@H](O)[C@]2(O)S(N)(=O)=O)c(=O)[nH]1.O=P(O)(O)OP(=O)(O)O. The Hall–Kier alpha value is -1.84. The van der Waals surface area contributed by atoms with E-state index in [4.69, 9.17) is 35.2 Å². The summed E-state index contributed by atoms with van der Waals surface area (Å²) in [7, 11) is -14.9. The number of nitrogens with two attached hydrogens (primary N) is 2. The monoisotopic (exact) mass is 540 g/mol.